The van der Waals surface area contributed by atoms with Crippen LogP contribution in [-0.2, 0) is 25.5 Å². The number of rotatable bonds is 12. The van der Waals surface area contributed by atoms with Gasteiger partial charge in [0.1, 0.15) is 13.2 Å². The van der Waals surface area contributed by atoms with Gasteiger partial charge in [-0.2, -0.15) is 5.26 Å². The second kappa shape index (κ2) is 13.2. The van der Waals surface area contributed by atoms with E-state index < -0.39 is 30.0 Å². The highest BCUT2D eigenvalue weighted by Gasteiger charge is 2.54. The van der Waals surface area contributed by atoms with Gasteiger partial charge in [0.05, 0.1) is 21.8 Å². The minimum atomic E-state index is -2.84. The number of ether oxygens (including phenoxy) is 1. The van der Waals surface area contributed by atoms with E-state index in [9.17, 15) is 19.7 Å². The van der Waals surface area contributed by atoms with Crippen molar-refractivity contribution in [2.45, 2.75) is 69.5 Å². The summed E-state index contributed by atoms with van der Waals surface area (Å²) < 4.78 is 12.4. The first kappa shape index (κ1) is 29.8. The van der Waals surface area contributed by atoms with Crippen LogP contribution in [0.5, 0.6) is 0 Å². The molecule has 0 saturated carbocycles. The van der Waals surface area contributed by atoms with Gasteiger partial charge in [-0.05, 0) is 49.0 Å². The van der Waals surface area contributed by atoms with E-state index in [1.54, 1.807) is 19.1 Å². The van der Waals surface area contributed by atoms with Gasteiger partial charge in [-0.1, -0.05) is 20.8 Å². The fraction of sp³-hybridized carbons (Fsp3) is 0.625. The van der Waals surface area contributed by atoms with Gasteiger partial charge in [0.15, 0.2) is 0 Å². The van der Waals surface area contributed by atoms with Crippen molar-refractivity contribution in [3.05, 3.63) is 39.9 Å². The van der Waals surface area contributed by atoms with E-state index in [0.29, 0.717) is 11.3 Å². The average Bonchev–Trinajstić information content (AvgIpc) is 3.33. The number of hydrogen-bond acceptors (Lipinski definition) is 9. The van der Waals surface area contributed by atoms with Crippen LogP contribution in [0.2, 0.25) is 17.1 Å². The molecule has 198 valence electrons. The van der Waals surface area contributed by atoms with E-state index in [0.717, 1.165) is 25.9 Å². The number of carbonyl (C=O) groups is 2. The number of hydrogen-bond donors (Lipinski definition) is 1. The Kier molecular flexibility index (Phi) is 10.9. The zero-order chi connectivity index (χ0) is 26.9. The summed E-state index contributed by atoms with van der Waals surface area (Å²) >= 11 is 1.34. The number of carbonyl (C=O) groups excluding carboxylic acids is 2. The third-order valence-corrected chi connectivity index (χ3v) is 13.5. The van der Waals surface area contributed by atoms with Crippen molar-refractivity contribution in [3.63, 3.8) is 0 Å². The van der Waals surface area contributed by atoms with Gasteiger partial charge in [-0.25, -0.2) is 5.06 Å². The third-order valence-electron chi connectivity index (χ3n) is 6.57. The Balaban J connectivity index is 2.24. The van der Waals surface area contributed by atoms with Crippen LogP contribution < -0.4 is 5.32 Å². The van der Waals surface area contributed by atoms with Crippen molar-refractivity contribution < 1.29 is 23.8 Å². The Morgan fingerprint density at radius 1 is 1.28 bits per heavy atom. The first-order valence-corrected chi connectivity index (χ1v) is 15.5. The van der Waals surface area contributed by atoms with E-state index in [1.165, 1.54) is 23.9 Å². The smallest absolute Gasteiger partial charge is 0.309 e. The second-order valence-corrected chi connectivity index (χ2v) is 16.0. The van der Waals surface area contributed by atoms with Crippen molar-refractivity contribution in [1.29, 1.82) is 5.26 Å². The molecule has 1 amide bonds. The number of nitro groups is 1. The van der Waals surface area contributed by atoms with Crippen molar-refractivity contribution in [2.24, 2.45) is 0 Å². The molecule has 1 aromatic rings. The highest BCUT2D eigenvalue weighted by Crippen LogP contribution is 2.47. The molecule has 0 spiro atoms. The lowest BCUT2D eigenvalue weighted by Crippen LogP contribution is -2.55. The van der Waals surface area contributed by atoms with Crippen LogP contribution in [0.3, 0.4) is 0 Å². The summed E-state index contributed by atoms with van der Waals surface area (Å²) in [6.45, 7) is 11.5. The van der Waals surface area contributed by atoms with Gasteiger partial charge < -0.3 is 14.6 Å². The van der Waals surface area contributed by atoms with Gasteiger partial charge >= 0.3 is 5.97 Å². The lowest BCUT2D eigenvalue weighted by atomic mass is 10.2. The van der Waals surface area contributed by atoms with E-state index in [-0.39, 0.29) is 29.8 Å². The van der Waals surface area contributed by atoms with E-state index in [4.69, 9.17) is 14.5 Å². The molecule has 0 aromatic heterocycles. The molecule has 1 N–H and O–H groups in total. The standard InChI is InChI=1S/C24H36N4O6SSi/c1-18(22(29)26-13-12-25)35-17-21(36(5,24(2,3)4)34-27-14-6-7-15-27)23(30)33-16-19-8-10-20(11-9-19)28(31)32/h8-11,18,21H,6-7,13-17H2,1-5H3,(H,26,29)/t18-,21+,36?/m0/s1. The van der Waals surface area contributed by atoms with Gasteiger partial charge in [-0.3, -0.25) is 19.7 Å². The molecule has 1 heterocycles. The molecule has 1 unspecified atom stereocenters. The minimum Gasteiger partial charge on any atom is -0.461 e. The van der Waals surface area contributed by atoms with Crippen LogP contribution in [0.1, 0.15) is 46.1 Å². The quantitative estimate of drug-likeness (QED) is 0.137. The van der Waals surface area contributed by atoms with Crippen LogP contribution in [0.25, 0.3) is 0 Å². The molecule has 1 aliphatic rings. The lowest BCUT2D eigenvalue weighted by Gasteiger charge is -2.45. The molecule has 1 aromatic carbocycles. The highest BCUT2D eigenvalue weighted by molar-refractivity contribution is 8.00. The molecule has 3 atom stereocenters. The minimum absolute atomic E-state index is 0.0193. The topological polar surface area (TPSA) is 135 Å². The van der Waals surface area contributed by atoms with Crippen LogP contribution in [0.4, 0.5) is 5.69 Å². The summed E-state index contributed by atoms with van der Waals surface area (Å²) in [5.74, 6) is -0.346. The molecule has 10 nitrogen and oxygen atoms in total. The molecule has 36 heavy (non-hydrogen) atoms. The monoisotopic (exact) mass is 536 g/mol. The largest absolute Gasteiger partial charge is 0.461 e. The Labute approximate surface area is 217 Å². The fourth-order valence-electron chi connectivity index (χ4n) is 3.78. The number of nitrogens with zero attached hydrogens (tertiary/aromatic N) is 3. The molecule has 0 bridgehead atoms. The summed E-state index contributed by atoms with van der Waals surface area (Å²) in [6, 6.07) is 7.78. The molecule has 1 aliphatic heterocycles. The molecule has 2 rings (SSSR count). The van der Waals surface area contributed by atoms with Crippen molar-refractivity contribution in [1.82, 2.24) is 10.4 Å². The number of benzene rings is 1. The number of amides is 1. The third kappa shape index (κ3) is 8.02. The molecule has 0 aliphatic carbocycles. The number of nitro benzene ring substituents is 1. The average molecular weight is 537 g/mol. The van der Waals surface area contributed by atoms with Crippen LogP contribution in [0, 0.1) is 21.4 Å². The highest BCUT2D eigenvalue weighted by atomic mass is 32.2. The van der Waals surface area contributed by atoms with Crippen molar-refractivity contribution in [2.75, 3.05) is 25.4 Å². The maximum atomic E-state index is 13.6. The molecular weight excluding hydrogens is 500 g/mol. The maximum Gasteiger partial charge on any atom is 0.309 e. The predicted octanol–water partition coefficient (Wildman–Crippen LogP) is 4.17. The summed E-state index contributed by atoms with van der Waals surface area (Å²) in [5, 5.41) is 23.4. The normalized spacial score (nSPS) is 17.4. The van der Waals surface area contributed by atoms with Crippen LogP contribution in [-0.4, -0.2) is 60.8 Å². The maximum absolute atomic E-state index is 13.6. The Bertz CT molecular complexity index is 959. The number of nitrogens with one attached hydrogen (secondary N) is 1. The number of esters is 1. The number of nitriles is 1. The first-order valence-electron chi connectivity index (χ1n) is 12.0. The predicted molar refractivity (Wildman–Crippen MR) is 140 cm³/mol. The van der Waals surface area contributed by atoms with E-state index in [2.05, 4.69) is 26.1 Å². The summed E-state index contributed by atoms with van der Waals surface area (Å²) in [6.07, 6.45) is 2.07. The lowest BCUT2D eigenvalue weighted by molar-refractivity contribution is -0.384. The summed E-state index contributed by atoms with van der Waals surface area (Å²) in [4.78, 5) is 36.3. The molecule has 1 fully saturated rings. The Hall–Kier alpha value is -2.46. The second-order valence-electron chi connectivity index (χ2n) is 10.0. The van der Waals surface area contributed by atoms with Crippen molar-refractivity contribution >= 4 is 37.6 Å². The van der Waals surface area contributed by atoms with Crippen molar-refractivity contribution in [3.8, 4) is 6.07 Å². The Morgan fingerprint density at radius 2 is 1.89 bits per heavy atom. The van der Waals surface area contributed by atoms with Gasteiger partial charge in [0.25, 0.3) is 5.69 Å². The SMILES string of the molecule is C[C@H](SC[C@H](C(=O)OCc1ccc([N+](=O)[O-])cc1)[Si](C)(ON1CCCC1)C(C)(C)C)C(=O)NCC#N. The fourth-order valence-corrected chi connectivity index (χ4v) is 8.89. The van der Waals surface area contributed by atoms with Crippen LogP contribution in [0.15, 0.2) is 24.3 Å². The van der Waals surface area contributed by atoms with E-state index in [1.807, 2.05) is 17.7 Å². The molecule has 0 radical (unpaired) electrons. The Morgan fingerprint density at radius 3 is 2.42 bits per heavy atom. The van der Waals surface area contributed by atoms with Gasteiger partial charge in [0.2, 0.25) is 14.2 Å². The van der Waals surface area contributed by atoms with Gasteiger partial charge in [0, 0.05) is 31.0 Å². The number of non-ortho nitro benzene ring substituents is 1. The zero-order valence-electron chi connectivity index (χ0n) is 21.6. The number of hydroxylamine groups is 2. The molecule has 12 heteroatoms. The number of thioether (sulfide) groups is 1. The van der Waals surface area contributed by atoms with Gasteiger partial charge in [-0.15, -0.1) is 11.8 Å². The van der Waals surface area contributed by atoms with Crippen LogP contribution >= 0.6 is 11.8 Å². The first-order chi connectivity index (χ1) is 16.9. The molecule has 1 saturated heterocycles. The zero-order valence-corrected chi connectivity index (χ0v) is 23.4. The summed E-state index contributed by atoms with van der Waals surface area (Å²) in [7, 11) is -2.84. The van der Waals surface area contributed by atoms with E-state index >= 15 is 0 Å². The summed E-state index contributed by atoms with van der Waals surface area (Å²) in [5.41, 5.74) is 0.0336. The molecular formula is C24H36N4O6SSi.